The van der Waals surface area contributed by atoms with Gasteiger partial charge in [-0.3, -0.25) is 9.88 Å². The minimum atomic E-state index is -0.682. The molecule has 0 N–H and O–H groups in total. The van der Waals surface area contributed by atoms with Crippen LogP contribution < -0.4 is 4.90 Å². The molecule has 0 aromatic carbocycles. The van der Waals surface area contributed by atoms with Gasteiger partial charge in [0.25, 0.3) is 0 Å². The minimum absolute atomic E-state index is 0.201. The second-order valence-electron chi connectivity index (χ2n) is 7.75. The van der Waals surface area contributed by atoms with Crippen molar-refractivity contribution in [2.24, 2.45) is 0 Å². The highest BCUT2D eigenvalue weighted by Crippen LogP contribution is 2.45. The summed E-state index contributed by atoms with van der Waals surface area (Å²) < 4.78 is 20.0. The molecule has 1 amide bonds. The number of ether oxygens (including phenoxy) is 1. The van der Waals surface area contributed by atoms with Crippen molar-refractivity contribution in [3.63, 3.8) is 0 Å². The van der Waals surface area contributed by atoms with E-state index in [0.29, 0.717) is 11.5 Å². The zero-order valence-corrected chi connectivity index (χ0v) is 16.3. The molecule has 3 rings (SSSR count). The lowest BCUT2D eigenvalue weighted by atomic mass is 9.66. The average molecular weight is 393 g/mol. The molecule has 1 aliphatic carbocycles. The zero-order chi connectivity index (χ0) is 19.7. The van der Waals surface area contributed by atoms with Crippen molar-refractivity contribution in [3.05, 3.63) is 47.1 Å². The van der Waals surface area contributed by atoms with Crippen molar-refractivity contribution in [1.82, 2.24) is 15.2 Å². The first-order valence-corrected chi connectivity index (χ1v) is 9.19. The monoisotopic (exact) mass is 392 g/mol. The summed E-state index contributed by atoms with van der Waals surface area (Å²) in [4.78, 5) is 18.5. The van der Waals surface area contributed by atoms with E-state index in [2.05, 4.69) is 15.2 Å². The largest absolute Gasteiger partial charge is 0.443 e. The SMILES string of the molecule is CC(C)(C)OC(=O)N(CC1(c2ncccc2F)CCC1)c1ccc(Cl)nn1. The Morgan fingerprint density at radius 1 is 1.30 bits per heavy atom. The number of nitrogens with zero attached hydrogens (tertiary/aromatic N) is 4. The van der Waals surface area contributed by atoms with Crippen LogP contribution in [0.3, 0.4) is 0 Å². The summed E-state index contributed by atoms with van der Waals surface area (Å²) in [6.07, 6.45) is 3.38. The van der Waals surface area contributed by atoms with E-state index < -0.39 is 17.1 Å². The third-order valence-electron chi connectivity index (χ3n) is 4.54. The van der Waals surface area contributed by atoms with E-state index in [1.165, 1.54) is 11.0 Å². The molecule has 0 aliphatic heterocycles. The first kappa shape index (κ1) is 19.5. The number of aromatic nitrogens is 3. The number of rotatable bonds is 4. The highest BCUT2D eigenvalue weighted by Gasteiger charge is 2.45. The van der Waals surface area contributed by atoms with Crippen LogP contribution in [0.25, 0.3) is 0 Å². The third kappa shape index (κ3) is 4.35. The number of carbonyl (C=O) groups excluding carboxylic acids is 1. The number of halogens is 2. The van der Waals surface area contributed by atoms with Gasteiger partial charge >= 0.3 is 6.09 Å². The van der Waals surface area contributed by atoms with E-state index >= 15 is 0 Å². The molecule has 2 heterocycles. The Kier molecular flexibility index (Phi) is 5.33. The minimum Gasteiger partial charge on any atom is -0.443 e. The Morgan fingerprint density at radius 2 is 2.04 bits per heavy atom. The lowest BCUT2D eigenvalue weighted by Crippen LogP contribution is -2.50. The lowest BCUT2D eigenvalue weighted by molar-refractivity contribution is 0.0557. The van der Waals surface area contributed by atoms with E-state index in [-0.39, 0.29) is 17.5 Å². The number of amides is 1. The fraction of sp³-hybridized carbons (Fsp3) is 0.474. The molecule has 1 aliphatic rings. The van der Waals surface area contributed by atoms with Crippen molar-refractivity contribution >= 4 is 23.5 Å². The molecule has 2 aromatic rings. The summed E-state index contributed by atoms with van der Waals surface area (Å²) in [5, 5.41) is 8.06. The van der Waals surface area contributed by atoms with Gasteiger partial charge in [-0.1, -0.05) is 18.0 Å². The Labute approximate surface area is 162 Å². The number of hydrogen-bond donors (Lipinski definition) is 0. The standard InChI is InChI=1S/C19H22ClFN4O2/c1-18(2,3)27-17(26)25(15-8-7-14(20)23-24-15)12-19(9-5-10-19)16-13(21)6-4-11-22-16/h4,6-8,11H,5,9-10,12H2,1-3H3. The van der Waals surface area contributed by atoms with Gasteiger partial charge in [-0.05, 0) is 57.9 Å². The highest BCUT2D eigenvalue weighted by atomic mass is 35.5. The van der Waals surface area contributed by atoms with E-state index in [4.69, 9.17) is 16.3 Å². The smallest absolute Gasteiger partial charge is 0.416 e. The predicted molar refractivity (Wildman–Crippen MR) is 100 cm³/mol. The van der Waals surface area contributed by atoms with Gasteiger partial charge in [-0.15, -0.1) is 10.2 Å². The molecule has 1 saturated carbocycles. The topological polar surface area (TPSA) is 68.2 Å². The molecule has 0 unspecified atom stereocenters. The number of hydrogen-bond acceptors (Lipinski definition) is 5. The van der Waals surface area contributed by atoms with Crippen LogP contribution in [-0.4, -0.2) is 33.4 Å². The maximum absolute atomic E-state index is 14.4. The summed E-state index contributed by atoms with van der Waals surface area (Å²) >= 11 is 5.82. The Balaban J connectivity index is 1.96. The van der Waals surface area contributed by atoms with Crippen molar-refractivity contribution in [3.8, 4) is 0 Å². The van der Waals surface area contributed by atoms with Crippen LogP contribution in [0.4, 0.5) is 15.0 Å². The Bertz CT molecular complexity index is 819. The Morgan fingerprint density at radius 3 is 2.56 bits per heavy atom. The molecule has 6 nitrogen and oxygen atoms in total. The van der Waals surface area contributed by atoms with Gasteiger partial charge in [0, 0.05) is 18.2 Å². The molecule has 0 atom stereocenters. The van der Waals surface area contributed by atoms with Crippen molar-refractivity contribution < 1.29 is 13.9 Å². The fourth-order valence-electron chi connectivity index (χ4n) is 3.16. The zero-order valence-electron chi connectivity index (χ0n) is 15.6. The van der Waals surface area contributed by atoms with Crippen LogP contribution in [0.15, 0.2) is 30.5 Å². The normalized spacial score (nSPS) is 15.7. The molecular formula is C19H22ClFN4O2. The lowest BCUT2D eigenvalue weighted by Gasteiger charge is -2.44. The maximum Gasteiger partial charge on any atom is 0.416 e. The van der Waals surface area contributed by atoms with Crippen LogP contribution in [0.2, 0.25) is 5.15 Å². The summed E-state index contributed by atoms with van der Waals surface area (Å²) in [6.45, 7) is 5.56. The predicted octanol–water partition coefficient (Wildman–Crippen LogP) is 4.53. The van der Waals surface area contributed by atoms with Gasteiger partial charge in [0.15, 0.2) is 11.0 Å². The second kappa shape index (κ2) is 7.38. The molecule has 2 aromatic heterocycles. The summed E-state index contributed by atoms with van der Waals surface area (Å²) in [7, 11) is 0. The molecule has 0 spiro atoms. The third-order valence-corrected chi connectivity index (χ3v) is 4.74. The molecule has 1 fully saturated rings. The summed E-state index contributed by atoms with van der Waals surface area (Å²) in [5.74, 6) is -0.0696. The first-order chi connectivity index (χ1) is 12.7. The maximum atomic E-state index is 14.4. The van der Waals surface area contributed by atoms with E-state index in [1.807, 2.05) is 0 Å². The van der Waals surface area contributed by atoms with E-state index in [1.54, 1.807) is 45.2 Å². The van der Waals surface area contributed by atoms with E-state index in [9.17, 15) is 9.18 Å². The van der Waals surface area contributed by atoms with Gasteiger partial charge in [0.05, 0.1) is 5.69 Å². The fourth-order valence-corrected chi connectivity index (χ4v) is 3.26. The van der Waals surface area contributed by atoms with Gasteiger partial charge in [0.1, 0.15) is 11.4 Å². The number of carbonyl (C=O) groups is 1. The van der Waals surface area contributed by atoms with Crippen molar-refractivity contribution in [1.29, 1.82) is 0 Å². The highest BCUT2D eigenvalue weighted by molar-refractivity contribution is 6.29. The summed E-state index contributed by atoms with van der Waals surface area (Å²) in [6, 6.07) is 6.10. The van der Waals surface area contributed by atoms with Crippen molar-refractivity contribution in [2.45, 2.75) is 51.0 Å². The average Bonchev–Trinajstić information content (AvgIpc) is 2.55. The molecule has 27 heavy (non-hydrogen) atoms. The van der Waals surface area contributed by atoms with Crippen molar-refractivity contribution in [2.75, 3.05) is 11.4 Å². The quantitative estimate of drug-likeness (QED) is 0.764. The van der Waals surface area contributed by atoms with Crippen LogP contribution >= 0.6 is 11.6 Å². The van der Waals surface area contributed by atoms with Crippen LogP contribution in [0, 0.1) is 5.82 Å². The summed E-state index contributed by atoms with van der Waals surface area (Å²) in [5.41, 5.74) is -0.895. The number of pyridine rings is 1. The first-order valence-electron chi connectivity index (χ1n) is 8.81. The molecule has 144 valence electrons. The number of anilines is 1. The van der Waals surface area contributed by atoms with E-state index in [0.717, 1.165) is 19.3 Å². The van der Waals surface area contributed by atoms with Gasteiger partial charge in [0.2, 0.25) is 0 Å². The van der Waals surface area contributed by atoms with Gasteiger partial charge < -0.3 is 4.74 Å². The molecular weight excluding hydrogens is 371 g/mol. The van der Waals surface area contributed by atoms with Crippen LogP contribution in [0.1, 0.15) is 45.7 Å². The van der Waals surface area contributed by atoms with Crippen LogP contribution in [0.5, 0.6) is 0 Å². The van der Waals surface area contributed by atoms with Crippen LogP contribution in [-0.2, 0) is 10.2 Å². The molecule has 0 radical (unpaired) electrons. The molecule has 8 heteroatoms. The second-order valence-corrected chi connectivity index (χ2v) is 8.14. The van der Waals surface area contributed by atoms with Gasteiger partial charge in [-0.2, -0.15) is 0 Å². The molecule has 0 saturated heterocycles. The molecule has 0 bridgehead atoms. The Hall–Kier alpha value is -2.28. The van der Waals surface area contributed by atoms with Gasteiger partial charge in [-0.25, -0.2) is 9.18 Å².